The number of hydrogen-bond acceptors (Lipinski definition) is 4. The number of ether oxygens (including phenoxy) is 1. The van der Waals surface area contributed by atoms with Crippen LogP contribution in [0.15, 0.2) is 35.3 Å². The number of amides is 1. The van der Waals surface area contributed by atoms with Gasteiger partial charge in [0.15, 0.2) is 5.96 Å². The van der Waals surface area contributed by atoms with E-state index in [4.69, 9.17) is 4.74 Å². The van der Waals surface area contributed by atoms with Gasteiger partial charge in [0.1, 0.15) is 6.54 Å². The number of carbonyl (C=O) groups is 1. The van der Waals surface area contributed by atoms with E-state index in [1.807, 2.05) is 6.07 Å². The van der Waals surface area contributed by atoms with E-state index in [1.165, 1.54) is 10.5 Å². The molecule has 1 atom stereocenters. The Morgan fingerprint density at radius 2 is 1.79 bits per heavy atom. The maximum absolute atomic E-state index is 11.8. The van der Waals surface area contributed by atoms with Crippen molar-refractivity contribution in [2.24, 2.45) is 4.99 Å². The van der Waals surface area contributed by atoms with Gasteiger partial charge in [0.2, 0.25) is 5.91 Å². The molecule has 2 N–H and O–H groups in total. The number of carbonyl (C=O) groups excluding carboxylic acids is 1. The molecule has 1 aromatic carbocycles. The molecular weight excluding hydrogens is 469 g/mol. The molecule has 0 saturated carbocycles. The molecule has 0 radical (unpaired) electrons. The highest BCUT2D eigenvalue weighted by molar-refractivity contribution is 14.0. The monoisotopic (exact) mass is 505 g/mol. The van der Waals surface area contributed by atoms with Gasteiger partial charge in [0.05, 0.1) is 6.61 Å². The van der Waals surface area contributed by atoms with Gasteiger partial charge in [-0.3, -0.25) is 9.69 Å². The summed E-state index contributed by atoms with van der Waals surface area (Å²) in [5.41, 5.74) is 1.31. The van der Waals surface area contributed by atoms with E-state index >= 15 is 0 Å². The zero-order valence-electron chi connectivity index (χ0n) is 17.8. The van der Waals surface area contributed by atoms with Crippen LogP contribution >= 0.6 is 24.0 Å². The van der Waals surface area contributed by atoms with Crippen molar-refractivity contribution in [1.82, 2.24) is 20.4 Å². The van der Waals surface area contributed by atoms with Crippen LogP contribution in [-0.4, -0.2) is 82.2 Å². The molecule has 0 spiro atoms. The fraction of sp³-hybridized carbons (Fsp3) is 0.600. The Hall–Kier alpha value is -1.39. The fourth-order valence-electron chi connectivity index (χ4n) is 2.38. The van der Waals surface area contributed by atoms with E-state index in [9.17, 15) is 4.79 Å². The summed E-state index contributed by atoms with van der Waals surface area (Å²) in [5.74, 6) is 0.610. The van der Waals surface area contributed by atoms with Crippen LogP contribution in [0.3, 0.4) is 0 Å². The van der Waals surface area contributed by atoms with E-state index in [1.54, 1.807) is 21.2 Å². The normalized spacial score (nSPS) is 12.3. The van der Waals surface area contributed by atoms with Crippen molar-refractivity contribution in [3.8, 4) is 0 Å². The second-order valence-corrected chi connectivity index (χ2v) is 6.84. The van der Waals surface area contributed by atoms with Crippen molar-refractivity contribution < 1.29 is 9.53 Å². The topological polar surface area (TPSA) is 69.2 Å². The summed E-state index contributed by atoms with van der Waals surface area (Å²) in [7, 11) is 7.26. The van der Waals surface area contributed by atoms with Gasteiger partial charge >= 0.3 is 0 Å². The second-order valence-electron chi connectivity index (χ2n) is 6.84. The number of nitrogens with one attached hydrogen (secondary N) is 2. The molecule has 1 rings (SSSR count). The molecule has 0 aliphatic rings. The Kier molecular flexibility index (Phi) is 14.8. The summed E-state index contributed by atoms with van der Waals surface area (Å²) < 4.78 is 5.06. The lowest BCUT2D eigenvalue weighted by atomic mass is 10.1. The smallest absolute Gasteiger partial charge is 0.243 e. The lowest BCUT2D eigenvalue weighted by Gasteiger charge is -2.25. The van der Waals surface area contributed by atoms with E-state index in [-0.39, 0.29) is 36.4 Å². The first kappa shape index (κ1) is 26.6. The van der Waals surface area contributed by atoms with Crippen molar-refractivity contribution in [2.75, 3.05) is 54.5 Å². The molecule has 28 heavy (non-hydrogen) atoms. The molecule has 7 nitrogen and oxygen atoms in total. The summed E-state index contributed by atoms with van der Waals surface area (Å²) in [4.78, 5) is 20.0. The summed E-state index contributed by atoms with van der Waals surface area (Å²) in [6.07, 6.45) is 0.968. The molecule has 0 aliphatic heterocycles. The number of rotatable bonds is 11. The van der Waals surface area contributed by atoms with E-state index < -0.39 is 0 Å². The van der Waals surface area contributed by atoms with Gasteiger partial charge in [-0.05, 0) is 26.0 Å². The van der Waals surface area contributed by atoms with Gasteiger partial charge in [0.25, 0.3) is 0 Å². The molecule has 1 aromatic rings. The minimum atomic E-state index is -0.0289. The van der Waals surface area contributed by atoms with E-state index in [0.29, 0.717) is 25.2 Å². The summed E-state index contributed by atoms with van der Waals surface area (Å²) >= 11 is 0. The number of aliphatic imine (C=N–C) groups is 1. The third-order valence-corrected chi connectivity index (χ3v) is 4.35. The van der Waals surface area contributed by atoms with Crippen molar-refractivity contribution in [1.29, 1.82) is 0 Å². The Bertz CT molecular complexity index is 569. The number of likely N-dealkylation sites (N-methyl/N-ethyl adjacent to an activating group) is 1. The van der Waals surface area contributed by atoms with Crippen molar-refractivity contribution in [3.05, 3.63) is 35.9 Å². The first-order valence-electron chi connectivity index (χ1n) is 9.39. The average molecular weight is 505 g/mol. The van der Waals surface area contributed by atoms with Gasteiger partial charge in [0, 0.05) is 46.9 Å². The molecular formula is C20H36IN5O2. The third-order valence-electron chi connectivity index (χ3n) is 4.35. The SMILES string of the molecule is COCCNC(=NCC(=O)N(C)C)NCCC(C)N(C)Cc1ccccc1.I. The summed E-state index contributed by atoms with van der Waals surface area (Å²) in [6, 6.07) is 10.9. The van der Waals surface area contributed by atoms with Crippen molar-refractivity contribution >= 4 is 35.8 Å². The molecule has 0 saturated heterocycles. The number of methoxy groups -OCH3 is 1. The van der Waals surface area contributed by atoms with Crippen molar-refractivity contribution in [2.45, 2.75) is 25.9 Å². The summed E-state index contributed by atoms with van der Waals surface area (Å²) in [5, 5.41) is 6.50. The van der Waals surface area contributed by atoms with Crippen LogP contribution in [0.1, 0.15) is 18.9 Å². The molecule has 1 amide bonds. The highest BCUT2D eigenvalue weighted by Gasteiger charge is 2.10. The van der Waals surface area contributed by atoms with Crippen LogP contribution in [0.25, 0.3) is 0 Å². The lowest BCUT2D eigenvalue weighted by Crippen LogP contribution is -2.42. The number of hydrogen-bond donors (Lipinski definition) is 2. The maximum Gasteiger partial charge on any atom is 0.243 e. The van der Waals surface area contributed by atoms with Crippen molar-refractivity contribution in [3.63, 3.8) is 0 Å². The van der Waals surface area contributed by atoms with Gasteiger partial charge < -0.3 is 20.3 Å². The lowest BCUT2D eigenvalue weighted by molar-refractivity contribution is -0.127. The van der Waals surface area contributed by atoms with Gasteiger partial charge in [-0.25, -0.2) is 4.99 Å². The zero-order chi connectivity index (χ0) is 20.1. The number of halogens is 1. The third kappa shape index (κ3) is 11.5. The maximum atomic E-state index is 11.8. The first-order chi connectivity index (χ1) is 12.9. The van der Waals surface area contributed by atoms with Crippen LogP contribution in [-0.2, 0) is 16.1 Å². The predicted octanol–water partition coefficient (Wildman–Crippen LogP) is 1.78. The van der Waals surface area contributed by atoms with Gasteiger partial charge in [-0.1, -0.05) is 30.3 Å². The van der Waals surface area contributed by atoms with Crippen LogP contribution < -0.4 is 10.6 Å². The Balaban J connectivity index is 0.00000729. The summed E-state index contributed by atoms with van der Waals surface area (Å²) in [6.45, 7) is 5.26. The van der Waals surface area contributed by atoms with Crippen LogP contribution in [0.5, 0.6) is 0 Å². The quantitative estimate of drug-likeness (QED) is 0.208. The molecule has 8 heteroatoms. The van der Waals surface area contributed by atoms with Crippen LogP contribution in [0, 0.1) is 0 Å². The molecule has 0 aromatic heterocycles. The highest BCUT2D eigenvalue weighted by Crippen LogP contribution is 2.07. The largest absolute Gasteiger partial charge is 0.383 e. The van der Waals surface area contributed by atoms with Crippen LogP contribution in [0.4, 0.5) is 0 Å². The Morgan fingerprint density at radius 3 is 2.39 bits per heavy atom. The molecule has 0 heterocycles. The molecule has 0 bridgehead atoms. The van der Waals surface area contributed by atoms with Gasteiger partial charge in [-0.2, -0.15) is 0 Å². The van der Waals surface area contributed by atoms with Crippen LogP contribution in [0.2, 0.25) is 0 Å². The Labute approximate surface area is 186 Å². The molecule has 160 valence electrons. The van der Waals surface area contributed by atoms with E-state index in [2.05, 4.69) is 58.8 Å². The highest BCUT2D eigenvalue weighted by atomic mass is 127. The second kappa shape index (κ2) is 15.5. The number of guanidine groups is 1. The number of benzene rings is 1. The van der Waals surface area contributed by atoms with E-state index in [0.717, 1.165) is 19.5 Å². The zero-order valence-corrected chi connectivity index (χ0v) is 20.1. The first-order valence-corrected chi connectivity index (χ1v) is 9.39. The molecule has 0 aliphatic carbocycles. The minimum Gasteiger partial charge on any atom is -0.383 e. The van der Waals surface area contributed by atoms with Gasteiger partial charge in [-0.15, -0.1) is 24.0 Å². The minimum absolute atomic E-state index is 0. The Morgan fingerprint density at radius 1 is 1.14 bits per heavy atom. The predicted molar refractivity (Wildman–Crippen MR) is 126 cm³/mol. The molecule has 0 fully saturated rings. The average Bonchev–Trinajstić information content (AvgIpc) is 2.66. The standard InChI is InChI=1S/C20H35N5O2.HI/c1-17(25(4)16-18-9-7-6-8-10-18)11-12-21-20(22-13-14-27-5)23-15-19(26)24(2)3;/h6-10,17H,11-16H2,1-5H3,(H2,21,22,23);1H. The molecule has 1 unspecified atom stereocenters. The fourth-order valence-corrected chi connectivity index (χ4v) is 2.38. The number of nitrogens with zero attached hydrogens (tertiary/aromatic N) is 3.